The van der Waals surface area contributed by atoms with Crippen molar-refractivity contribution in [3.63, 3.8) is 0 Å². The number of benzene rings is 1. The maximum absolute atomic E-state index is 6.84. The van der Waals surface area contributed by atoms with Crippen molar-refractivity contribution in [1.82, 2.24) is 0 Å². The third-order valence-corrected chi connectivity index (χ3v) is 12.4. The summed E-state index contributed by atoms with van der Waals surface area (Å²) in [7, 11) is -2.08. The van der Waals surface area contributed by atoms with Gasteiger partial charge in [-0.15, -0.1) is 0 Å². The predicted octanol–water partition coefficient (Wildman–Crippen LogP) is 6.30. The van der Waals surface area contributed by atoms with Gasteiger partial charge < -0.3 is 23.4 Å². The molecule has 2 aliphatic heterocycles. The summed E-state index contributed by atoms with van der Waals surface area (Å²) in [6, 6.07) is 10.1. The molecule has 0 amide bonds. The molecule has 0 saturated carbocycles. The molecule has 1 aromatic carbocycles. The maximum atomic E-state index is 6.84. The van der Waals surface area contributed by atoms with Crippen LogP contribution in [0.2, 0.25) is 18.1 Å². The van der Waals surface area contributed by atoms with Gasteiger partial charge in [0.2, 0.25) is 0 Å². The van der Waals surface area contributed by atoms with E-state index < -0.39 is 14.6 Å². The van der Waals surface area contributed by atoms with Crippen LogP contribution in [0.25, 0.3) is 0 Å². The second-order valence-electron chi connectivity index (χ2n) is 10.8. The number of hydrogen-bond acceptors (Lipinski definition) is 5. The molecule has 2 heterocycles. The first-order chi connectivity index (χ1) is 15.1. The molecular weight excluding hydrogens is 420 g/mol. The monoisotopic (exact) mass is 464 g/mol. The fourth-order valence-electron chi connectivity index (χ4n) is 4.37. The van der Waals surface area contributed by atoms with Crippen LogP contribution in [0.15, 0.2) is 30.3 Å². The molecule has 2 aliphatic rings. The van der Waals surface area contributed by atoms with E-state index in [1.807, 2.05) is 30.3 Å². The van der Waals surface area contributed by atoms with E-state index in [0.717, 1.165) is 25.0 Å². The molecule has 4 unspecified atom stereocenters. The number of ether oxygens (including phenoxy) is 4. The fourth-order valence-corrected chi connectivity index (χ4v) is 6.92. The van der Waals surface area contributed by atoms with Crippen LogP contribution in [0.3, 0.4) is 0 Å². The molecule has 1 aromatic rings. The van der Waals surface area contributed by atoms with Crippen molar-refractivity contribution < 1.29 is 23.4 Å². The molecular formula is C26H44O5Si. The molecule has 3 rings (SSSR count). The quantitative estimate of drug-likeness (QED) is 0.317. The molecule has 0 radical (unpaired) electrons. The van der Waals surface area contributed by atoms with Gasteiger partial charge in [-0.3, -0.25) is 0 Å². The van der Waals surface area contributed by atoms with E-state index in [2.05, 4.69) is 54.6 Å². The van der Waals surface area contributed by atoms with Crippen molar-refractivity contribution in [2.75, 3.05) is 13.2 Å². The average molecular weight is 465 g/mol. The summed E-state index contributed by atoms with van der Waals surface area (Å²) in [6.45, 7) is 19.4. The number of hydrogen-bond donors (Lipinski definition) is 0. The summed E-state index contributed by atoms with van der Waals surface area (Å²) in [5, 5.41) is 0.115. The SMILES string of the molecule is CCCCOC1C(C)[C@H](O[Si](C)(C)C(C)(C)C(C)C)OC2COC(c3ccccc3)O[C@H]21. The summed E-state index contributed by atoms with van der Waals surface area (Å²) in [6.07, 6.45) is 0.958. The van der Waals surface area contributed by atoms with Crippen LogP contribution in [0, 0.1) is 11.8 Å². The molecule has 0 spiro atoms. The minimum atomic E-state index is -2.08. The van der Waals surface area contributed by atoms with E-state index in [0.29, 0.717) is 12.5 Å². The maximum Gasteiger partial charge on any atom is 0.196 e. The van der Waals surface area contributed by atoms with Crippen LogP contribution >= 0.6 is 0 Å². The zero-order chi connectivity index (χ0) is 23.5. The summed E-state index contributed by atoms with van der Waals surface area (Å²) in [5.74, 6) is 0.595. The van der Waals surface area contributed by atoms with E-state index in [1.165, 1.54) is 0 Å². The Bertz CT molecular complexity index is 707. The Kier molecular flexibility index (Phi) is 8.61. The first kappa shape index (κ1) is 25.9. The Morgan fingerprint density at radius 1 is 1.12 bits per heavy atom. The lowest BCUT2D eigenvalue weighted by Crippen LogP contribution is -2.62. The Morgan fingerprint density at radius 2 is 1.81 bits per heavy atom. The van der Waals surface area contributed by atoms with Crippen molar-refractivity contribution in [3.05, 3.63) is 35.9 Å². The van der Waals surface area contributed by atoms with Gasteiger partial charge in [-0.2, -0.15) is 0 Å². The summed E-state index contributed by atoms with van der Waals surface area (Å²) in [4.78, 5) is 0. The first-order valence-corrected chi connectivity index (χ1v) is 15.3. The molecule has 0 bridgehead atoms. The average Bonchev–Trinajstić information content (AvgIpc) is 2.76. The number of unbranched alkanes of at least 4 members (excludes halogenated alkanes) is 1. The zero-order valence-corrected chi connectivity index (χ0v) is 22.3. The van der Waals surface area contributed by atoms with Gasteiger partial charge in [0.15, 0.2) is 20.9 Å². The highest BCUT2D eigenvalue weighted by Crippen LogP contribution is 2.47. The smallest absolute Gasteiger partial charge is 0.196 e. The van der Waals surface area contributed by atoms with Crippen molar-refractivity contribution in [2.24, 2.45) is 11.8 Å². The van der Waals surface area contributed by atoms with Crippen LogP contribution in [0.4, 0.5) is 0 Å². The van der Waals surface area contributed by atoms with Crippen LogP contribution in [-0.2, 0) is 23.4 Å². The molecule has 6 heteroatoms. The van der Waals surface area contributed by atoms with Gasteiger partial charge in [0.1, 0.15) is 12.2 Å². The second-order valence-corrected chi connectivity index (χ2v) is 15.3. The van der Waals surface area contributed by atoms with Gasteiger partial charge in [-0.1, -0.05) is 78.3 Å². The second kappa shape index (κ2) is 10.7. The van der Waals surface area contributed by atoms with Gasteiger partial charge in [-0.25, -0.2) is 0 Å². The highest BCUT2D eigenvalue weighted by molar-refractivity contribution is 6.74. The van der Waals surface area contributed by atoms with Crippen molar-refractivity contribution >= 4 is 8.32 Å². The standard InChI is InChI=1S/C26H44O5Si/c1-9-10-16-27-22-19(4)24(31-32(7,8)26(5,6)18(2)3)29-21-17-28-25(30-23(21)22)20-14-12-11-13-15-20/h11-15,18-19,21-25H,9-10,16-17H2,1-8H3/t19?,21?,22?,23-,24+,25?/m1/s1. The van der Waals surface area contributed by atoms with E-state index in [9.17, 15) is 0 Å². The van der Waals surface area contributed by atoms with Gasteiger partial charge in [0.25, 0.3) is 0 Å². The molecule has 0 N–H and O–H groups in total. The number of fused-ring (bicyclic) bond motifs is 1. The van der Waals surface area contributed by atoms with Crippen molar-refractivity contribution in [2.45, 2.75) is 103 Å². The minimum absolute atomic E-state index is 0.0670. The van der Waals surface area contributed by atoms with Gasteiger partial charge in [-0.05, 0) is 30.5 Å². The molecule has 182 valence electrons. The first-order valence-electron chi connectivity index (χ1n) is 12.4. The molecule has 5 nitrogen and oxygen atoms in total. The third kappa shape index (κ3) is 5.48. The Morgan fingerprint density at radius 3 is 2.44 bits per heavy atom. The minimum Gasteiger partial charge on any atom is -0.392 e. The topological polar surface area (TPSA) is 46.2 Å². The molecule has 0 aliphatic carbocycles. The van der Waals surface area contributed by atoms with Crippen LogP contribution in [0.5, 0.6) is 0 Å². The normalized spacial score (nSPS) is 31.5. The van der Waals surface area contributed by atoms with E-state index >= 15 is 0 Å². The Balaban J connectivity index is 1.79. The van der Waals surface area contributed by atoms with Crippen LogP contribution < -0.4 is 0 Å². The fraction of sp³-hybridized carbons (Fsp3) is 0.769. The van der Waals surface area contributed by atoms with Crippen LogP contribution in [0.1, 0.15) is 66.2 Å². The van der Waals surface area contributed by atoms with Gasteiger partial charge in [0, 0.05) is 18.1 Å². The summed E-state index contributed by atoms with van der Waals surface area (Å²) < 4.78 is 32.3. The predicted molar refractivity (Wildman–Crippen MR) is 130 cm³/mol. The number of rotatable bonds is 9. The highest BCUT2D eigenvalue weighted by atomic mass is 28.4. The highest BCUT2D eigenvalue weighted by Gasteiger charge is 2.52. The Hall–Kier alpha value is -0.763. The van der Waals surface area contributed by atoms with Gasteiger partial charge in [0.05, 0.1) is 12.7 Å². The van der Waals surface area contributed by atoms with Crippen molar-refractivity contribution in [3.8, 4) is 0 Å². The van der Waals surface area contributed by atoms with E-state index in [1.54, 1.807) is 0 Å². The lowest BCUT2D eigenvalue weighted by atomic mass is 9.91. The van der Waals surface area contributed by atoms with Gasteiger partial charge >= 0.3 is 0 Å². The molecule has 2 saturated heterocycles. The third-order valence-electron chi connectivity index (χ3n) is 7.93. The molecule has 32 heavy (non-hydrogen) atoms. The lowest BCUT2D eigenvalue weighted by Gasteiger charge is -2.52. The van der Waals surface area contributed by atoms with E-state index in [4.69, 9.17) is 23.4 Å². The molecule has 0 aromatic heterocycles. The summed E-state index contributed by atoms with van der Waals surface area (Å²) in [5.41, 5.74) is 1.02. The molecule has 6 atom stereocenters. The molecule has 2 fully saturated rings. The van der Waals surface area contributed by atoms with Crippen LogP contribution in [-0.4, -0.2) is 46.1 Å². The zero-order valence-electron chi connectivity index (χ0n) is 21.3. The lowest BCUT2D eigenvalue weighted by molar-refractivity contribution is -0.347. The largest absolute Gasteiger partial charge is 0.392 e. The van der Waals surface area contributed by atoms with E-state index in [-0.39, 0.29) is 35.6 Å². The summed E-state index contributed by atoms with van der Waals surface area (Å²) >= 11 is 0. The van der Waals surface area contributed by atoms with Crippen molar-refractivity contribution in [1.29, 1.82) is 0 Å². The Labute approximate surface area is 196 Å².